The molecule has 0 bridgehead atoms. The Hall–Kier alpha value is -2.21. The summed E-state index contributed by atoms with van der Waals surface area (Å²) in [4.78, 5) is 6.04. The zero-order valence-corrected chi connectivity index (χ0v) is 11.3. The van der Waals surface area contributed by atoms with E-state index in [-0.39, 0.29) is 5.69 Å². The standard InChI is InChI=1S/C15H14F2N2O2/c16-11-1-3-14(13(17)9-11)18-10-12-2-4-15(21-12)19-5-7-20-8-6-19/h1-4,9-10H,5-8H2. The SMILES string of the molecule is Fc1ccc(N=Cc2ccc(N3CCOCC3)o2)c(F)c1. The van der Waals surface area contributed by atoms with Crippen molar-refractivity contribution < 1.29 is 17.9 Å². The second-order valence-electron chi connectivity index (χ2n) is 4.63. The smallest absolute Gasteiger partial charge is 0.196 e. The minimum atomic E-state index is -0.703. The van der Waals surface area contributed by atoms with E-state index in [1.807, 2.05) is 6.07 Å². The van der Waals surface area contributed by atoms with E-state index in [0.29, 0.717) is 19.0 Å². The van der Waals surface area contributed by atoms with Crippen molar-refractivity contribution in [2.75, 3.05) is 31.2 Å². The molecule has 1 aromatic heterocycles. The summed E-state index contributed by atoms with van der Waals surface area (Å²) in [5, 5.41) is 0. The van der Waals surface area contributed by atoms with Crippen LogP contribution in [0.1, 0.15) is 5.76 Å². The molecule has 0 saturated carbocycles. The van der Waals surface area contributed by atoms with Gasteiger partial charge < -0.3 is 14.1 Å². The molecule has 110 valence electrons. The van der Waals surface area contributed by atoms with Gasteiger partial charge in [0.15, 0.2) is 11.7 Å². The maximum atomic E-state index is 13.4. The predicted octanol–water partition coefficient (Wildman–Crippen LogP) is 3.15. The summed E-state index contributed by atoms with van der Waals surface area (Å²) in [6.45, 7) is 2.89. The Bertz CT molecular complexity index is 649. The molecule has 6 heteroatoms. The molecule has 0 radical (unpaired) electrons. The second kappa shape index (κ2) is 6.05. The minimum Gasteiger partial charge on any atom is -0.440 e. The van der Waals surface area contributed by atoms with Crippen molar-refractivity contribution in [3.63, 3.8) is 0 Å². The molecule has 1 aromatic carbocycles. The van der Waals surface area contributed by atoms with Crippen LogP contribution in [0.2, 0.25) is 0 Å². The molecule has 0 amide bonds. The number of rotatable bonds is 3. The predicted molar refractivity (Wildman–Crippen MR) is 75.4 cm³/mol. The van der Waals surface area contributed by atoms with Crippen molar-refractivity contribution in [2.45, 2.75) is 0 Å². The number of hydrogen-bond donors (Lipinski definition) is 0. The third kappa shape index (κ3) is 3.28. The molecule has 0 aliphatic carbocycles. The van der Waals surface area contributed by atoms with Crippen LogP contribution in [0.4, 0.5) is 20.4 Å². The molecule has 21 heavy (non-hydrogen) atoms. The fraction of sp³-hybridized carbons (Fsp3) is 0.267. The molecule has 0 atom stereocenters. The number of morpholine rings is 1. The van der Waals surface area contributed by atoms with Crippen LogP contribution in [0.5, 0.6) is 0 Å². The Balaban J connectivity index is 1.72. The molecular formula is C15H14F2N2O2. The summed E-state index contributed by atoms with van der Waals surface area (Å²) in [6, 6.07) is 6.85. The Morgan fingerprint density at radius 2 is 1.90 bits per heavy atom. The number of ether oxygens (including phenoxy) is 1. The quantitative estimate of drug-likeness (QED) is 0.816. The number of aliphatic imine (C=N–C) groups is 1. The van der Waals surface area contributed by atoms with Gasteiger partial charge in [0.2, 0.25) is 0 Å². The fourth-order valence-electron chi connectivity index (χ4n) is 2.08. The number of nitrogens with zero attached hydrogens (tertiary/aromatic N) is 2. The molecule has 0 N–H and O–H groups in total. The maximum absolute atomic E-state index is 13.4. The van der Waals surface area contributed by atoms with E-state index < -0.39 is 11.6 Å². The number of furan rings is 1. The van der Waals surface area contributed by atoms with Crippen LogP contribution in [-0.2, 0) is 4.74 Å². The molecule has 2 heterocycles. The Morgan fingerprint density at radius 3 is 2.67 bits per heavy atom. The fourth-order valence-corrected chi connectivity index (χ4v) is 2.08. The summed E-state index contributed by atoms with van der Waals surface area (Å²) in [5.41, 5.74) is 0.0701. The van der Waals surface area contributed by atoms with Crippen LogP contribution in [0, 0.1) is 11.6 Å². The van der Waals surface area contributed by atoms with Crippen molar-refractivity contribution in [3.05, 3.63) is 47.7 Å². The first-order valence-electron chi connectivity index (χ1n) is 6.64. The highest BCUT2D eigenvalue weighted by Crippen LogP contribution is 2.21. The van der Waals surface area contributed by atoms with Crippen molar-refractivity contribution in [2.24, 2.45) is 4.99 Å². The Morgan fingerprint density at radius 1 is 1.10 bits per heavy atom. The third-order valence-electron chi connectivity index (χ3n) is 3.18. The first-order chi connectivity index (χ1) is 10.2. The molecule has 3 rings (SSSR count). The minimum absolute atomic E-state index is 0.0701. The van der Waals surface area contributed by atoms with Crippen molar-refractivity contribution >= 4 is 17.8 Å². The summed E-state index contributed by atoms with van der Waals surface area (Å²) in [6.07, 6.45) is 1.42. The first kappa shape index (κ1) is 13.8. The van der Waals surface area contributed by atoms with Crippen molar-refractivity contribution in [1.29, 1.82) is 0 Å². The van der Waals surface area contributed by atoms with Gasteiger partial charge in [-0.05, 0) is 18.2 Å². The van der Waals surface area contributed by atoms with Gasteiger partial charge in [-0.1, -0.05) is 0 Å². The molecule has 0 unspecified atom stereocenters. The lowest BCUT2D eigenvalue weighted by atomic mass is 10.3. The number of halogens is 2. The average Bonchev–Trinajstić information content (AvgIpc) is 2.96. The van der Waals surface area contributed by atoms with Gasteiger partial charge in [-0.3, -0.25) is 0 Å². The highest BCUT2D eigenvalue weighted by molar-refractivity contribution is 5.79. The maximum Gasteiger partial charge on any atom is 0.196 e. The van der Waals surface area contributed by atoms with Gasteiger partial charge in [0.25, 0.3) is 0 Å². The van der Waals surface area contributed by atoms with Gasteiger partial charge in [-0.25, -0.2) is 13.8 Å². The van der Waals surface area contributed by atoms with Gasteiger partial charge in [-0.2, -0.15) is 0 Å². The topological polar surface area (TPSA) is 38.0 Å². The lowest BCUT2D eigenvalue weighted by Gasteiger charge is -2.26. The zero-order chi connectivity index (χ0) is 14.7. The van der Waals surface area contributed by atoms with Gasteiger partial charge >= 0.3 is 0 Å². The molecular weight excluding hydrogens is 278 g/mol. The Kier molecular flexibility index (Phi) is 3.96. The van der Waals surface area contributed by atoms with Gasteiger partial charge in [-0.15, -0.1) is 0 Å². The van der Waals surface area contributed by atoms with Crippen LogP contribution in [0.25, 0.3) is 0 Å². The van der Waals surface area contributed by atoms with Gasteiger partial charge in [0.1, 0.15) is 11.6 Å². The van der Waals surface area contributed by atoms with E-state index in [1.165, 1.54) is 12.3 Å². The molecule has 2 aromatic rings. The van der Waals surface area contributed by atoms with Crippen LogP contribution in [0.15, 0.2) is 39.7 Å². The molecule has 1 aliphatic rings. The molecule has 1 fully saturated rings. The average molecular weight is 292 g/mol. The highest BCUT2D eigenvalue weighted by Gasteiger charge is 2.14. The molecule has 1 aliphatic heterocycles. The van der Waals surface area contributed by atoms with E-state index in [0.717, 1.165) is 31.1 Å². The third-order valence-corrected chi connectivity index (χ3v) is 3.18. The summed E-state index contributed by atoms with van der Waals surface area (Å²) in [7, 11) is 0. The first-order valence-corrected chi connectivity index (χ1v) is 6.64. The van der Waals surface area contributed by atoms with Crippen LogP contribution >= 0.6 is 0 Å². The van der Waals surface area contributed by atoms with E-state index in [4.69, 9.17) is 9.15 Å². The highest BCUT2D eigenvalue weighted by atomic mass is 19.1. The van der Waals surface area contributed by atoms with E-state index in [1.54, 1.807) is 6.07 Å². The normalized spacial score (nSPS) is 15.8. The van der Waals surface area contributed by atoms with Crippen LogP contribution in [0.3, 0.4) is 0 Å². The largest absolute Gasteiger partial charge is 0.440 e. The number of benzene rings is 1. The van der Waals surface area contributed by atoms with E-state index >= 15 is 0 Å². The molecule has 0 spiro atoms. The summed E-state index contributed by atoms with van der Waals surface area (Å²) in [5.74, 6) is -0.0789. The second-order valence-corrected chi connectivity index (χ2v) is 4.63. The molecule has 1 saturated heterocycles. The van der Waals surface area contributed by atoms with Crippen molar-refractivity contribution in [1.82, 2.24) is 0 Å². The lowest BCUT2D eigenvalue weighted by Crippen LogP contribution is -2.35. The van der Waals surface area contributed by atoms with Crippen LogP contribution in [-0.4, -0.2) is 32.5 Å². The van der Waals surface area contributed by atoms with E-state index in [2.05, 4.69) is 9.89 Å². The van der Waals surface area contributed by atoms with E-state index in [9.17, 15) is 8.78 Å². The monoisotopic (exact) mass is 292 g/mol. The van der Waals surface area contributed by atoms with Gasteiger partial charge in [0.05, 0.1) is 25.1 Å². The summed E-state index contributed by atoms with van der Waals surface area (Å²) < 4.78 is 37.1. The van der Waals surface area contributed by atoms with Gasteiger partial charge in [0, 0.05) is 25.2 Å². The zero-order valence-electron chi connectivity index (χ0n) is 11.3. The molecule has 4 nitrogen and oxygen atoms in total. The number of hydrogen-bond acceptors (Lipinski definition) is 4. The summed E-state index contributed by atoms with van der Waals surface area (Å²) >= 11 is 0. The number of anilines is 1. The Labute approximate surface area is 120 Å². The lowest BCUT2D eigenvalue weighted by molar-refractivity contribution is 0.120. The van der Waals surface area contributed by atoms with Crippen molar-refractivity contribution in [3.8, 4) is 0 Å². The van der Waals surface area contributed by atoms with Crippen LogP contribution < -0.4 is 4.90 Å².